The zero-order valence-corrected chi connectivity index (χ0v) is 19.1. The van der Waals surface area contributed by atoms with E-state index in [9.17, 15) is 4.79 Å². The average Bonchev–Trinajstić information content (AvgIpc) is 3.23. The Morgan fingerprint density at radius 3 is 2.63 bits per heavy atom. The van der Waals surface area contributed by atoms with Crippen molar-refractivity contribution in [3.8, 4) is 0 Å². The Bertz CT molecular complexity index is 1180. The van der Waals surface area contributed by atoms with Crippen molar-refractivity contribution in [1.82, 2.24) is 9.47 Å². The molecule has 0 N–H and O–H groups in total. The van der Waals surface area contributed by atoms with Gasteiger partial charge in [-0.05, 0) is 55.4 Å². The lowest BCUT2D eigenvalue weighted by atomic mass is 10.1. The molecule has 1 amide bonds. The van der Waals surface area contributed by atoms with Crippen LogP contribution in [-0.2, 0) is 11.3 Å². The molecule has 1 saturated heterocycles. The Labute approximate surface area is 190 Å². The van der Waals surface area contributed by atoms with Gasteiger partial charge in [0.1, 0.15) is 0 Å². The fourth-order valence-corrected chi connectivity index (χ4v) is 4.95. The Morgan fingerprint density at radius 1 is 1.10 bits per heavy atom. The highest BCUT2D eigenvalue weighted by Gasteiger charge is 2.32. The van der Waals surface area contributed by atoms with Gasteiger partial charge in [0.2, 0.25) is 0 Å². The maximum Gasteiger partial charge on any atom is 0.266 e. The summed E-state index contributed by atoms with van der Waals surface area (Å²) in [6, 6.07) is 13.9. The van der Waals surface area contributed by atoms with Gasteiger partial charge in [-0.25, -0.2) is 0 Å². The Kier molecular flexibility index (Phi) is 6.23. The van der Waals surface area contributed by atoms with E-state index in [2.05, 4.69) is 27.9 Å². The predicted molar refractivity (Wildman–Crippen MR) is 128 cm³/mol. The average molecular weight is 458 g/mol. The molecule has 4 rings (SSSR count). The van der Waals surface area contributed by atoms with Gasteiger partial charge < -0.3 is 4.57 Å². The number of halogens is 2. The summed E-state index contributed by atoms with van der Waals surface area (Å²) in [5, 5.41) is 2.96. The van der Waals surface area contributed by atoms with Gasteiger partial charge in [0.25, 0.3) is 5.91 Å². The van der Waals surface area contributed by atoms with Crippen LogP contribution in [0.25, 0.3) is 17.0 Å². The maximum absolute atomic E-state index is 12.9. The first-order chi connectivity index (χ1) is 14.5. The minimum Gasteiger partial charge on any atom is -0.342 e. The monoisotopic (exact) mass is 457 g/mol. The topological polar surface area (TPSA) is 37.6 Å². The molecule has 0 aliphatic carbocycles. The summed E-state index contributed by atoms with van der Waals surface area (Å²) < 4.78 is 2.17. The van der Waals surface area contributed by atoms with Crippen molar-refractivity contribution in [2.45, 2.75) is 20.4 Å². The molecule has 2 aromatic carbocycles. The highest BCUT2D eigenvalue weighted by atomic mass is 35.5. The van der Waals surface area contributed by atoms with Crippen LogP contribution in [0.4, 0.5) is 0 Å². The smallest absolute Gasteiger partial charge is 0.266 e. The SMILES string of the molecule is CCN=C1SC(=Cc2cn(Cc3ccc(Cl)c(Cl)c3)c3ccccc23)C(=O)N1CC. The molecule has 1 aliphatic heterocycles. The van der Waals surface area contributed by atoms with Crippen molar-refractivity contribution in [3.63, 3.8) is 0 Å². The van der Waals surface area contributed by atoms with E-state index < -0.39 is 0 Å². The molecule has 0 unspecified atom stereocenters. The van der Waals surface area contributed by atoms with Gasteiger partial charge in [-0.2, -0.15) is 0 Å². The quantitative estimate of drug-likeness (QED) is 0.421. The van der Waals surface area contributed by atoms with Crippen molar-refractivity contribution in [3.05, 3.63) is 74.7 Å². The van der Waals surface area contributed by atoms with Gasteiger partial charge in [0, 0.05) is 42.3 Å². The van der Waals surface area contributed by atoms with Gasteiger partial charge >= 0.3 is 0 Å². The number of aromatic nitrogens is 1. The Hall–Kier alpha value is -2.21. The number of carbonyl (C=O) groups excluding carboxylic acids is 1. The van der Waals surface area contributed by atoms with Crippen LogP contribution in [0.1, 0.15) is 25.0 Å². The number of hydrogen-bond donors (Lipinski definition) is 0. The second-order valence-electron chi connectivity index (χ2n) is 6.89. The maximum atomic E-state index is 12.9. The lowest BCUT2D eigenvalue weighted by molar-refractivity contribution is -0.122. The number of amides is 1. The van der Waals surface area contributed by atoms with Crippen LogP contribution in [-0.4, -0.2) is 33.6 Å². The number of rotatable bonds is 5. The van der Waals surface area contributed by atoms with Crippen molar-refractivity contribution >= 4 is 63.0 Å². The number of aliphatic imine (C=N–C) groups is 1. The van der Waals surface area contributed by atoms with E-state index in [0.717, 1.165) is 27.2 Å². The Balaban J connectivity index is 1.74. The van der Waals surface area contributed by atoms with Crippen LogP contribution in [0.15, 0.2) is 58.6 Å². The first kappa shape index (κ1) is 21.0. The fourth-order valence-electron chi connectivity index (χ4n) is 3.54. The number of hydrogen-bond acceptors (Lipinski definition) is 3. The third-order valence-electron chi connectivity index (χ3n) is 4.94. The van der Waals surface area contributed by atoms with E-state index in [0.29, 0.717) is 34.6 Å². The molecular formula is C23H21Cl2N3OS. The van der Waals surface area contributed by atoms with Crippen LogP contribution in [0, 0.1) is 0 Å². The summed E-state index contributed by atoms with van der Waals surface area (Å²) >= 11 is 13.7. The molecule has 154 valence electrons. The van der Waals surface area contributed by atoms with Crippen molar-refractivity contribution in [1.29, 1.82) is 0 Å². The molecule has 1 fully saturated rings. The minimum absolute atomic E-state index is 0.0102. The van der Waals surface area contributed by atoms with E-state index in [1.807, 2.05) is 50.3 Å². The number of amidine groups is 1. The van der Waals surface area contributed by atoms with E-state index >= 15 is 0 Å². The van der Waals surface area contributed by atoms with E-state index in [1.165, 1.54) is 11.8 Å². The highest BCUT2D eigenvalue weighted by molar-refractivity contribution is 8.18. The highest BCUT2D eigenvalue weighted by Crippen LogP contribution is 2.34. The zero-order valence-electron chi connectivity index (χ0n) is 16.7. The second kappa shape index (κ2) is 8.88. The molecule has 7 heteroatoms. The standard InChI is InChI=1S/C23H21Cl2N3OS/c1-3-26-23-28(4-2)22(29)21(30-23)12-16-14-27(20-8-6-5-7-17(16)20)13-15-9-10-18(24)19(25)11-15/h5-12,14H,3-4,13H2,1-2H3. The molecule has 0 saturated carbocycles. The summed E-state index contributed by atoms with van der Waals surface area (Å²) in [5.74, 6) is 0.0102. The summed E-state index contributed by atoms with van der Waals surface area (Å²) in [7, 11) is 0. The molecule has 0 radical (unpaired) electrons. The van der Waals surface area contributed by atoms with Crippen molar-refractivity contribution in [2.24, 2.45) is 4.99 Å². The van der Waals surface area contributed by atoms with Crippen molar-refractivity contribution < 1.29 is 4.79 Å². The summed E-state index contributed by atoms with van der Waals surface area (Å²) in [4.78, 5) is 19.8. The van der Waals surface area contributed by atoms with Crippen LogP contribution in [0.3, 0.4) is 0 Å². The molecule has 4 nitrogen and oxygen atoms in total. The van der Waals surface area contributed by atoms with Crippen molar-refractivity contribution in [2.75, 3.05) is 13.1 Å². The molecule has 1 aliphatic rings. The first-order valence-corrected chi connectivity index (χ1v) is 11.4. The van der Waals surface area contributed by atoms with Gasteiger partial charge in [0.15, 0.2) is 5.17 Å². The number of para-hydroxylation sites is 1. The van der Waals surface area contributed by atoms with Gasteiger partial charge in [0.05, 0.1) is 15.0 Å². The molecule has 30 heavy (non-hydrogen) atoms. The van der Waals surface area contributed by atoms with Gasteiger partial charge in [-0.1, -0.05) is 47.5 Å². The molecule has 1 aromatic heterocycles. The normalized spacial score (nSPS) is 17.1. The van der Waals surface area contributed by atoms with E-state index in [4.69, 9.17) is 23.2 Å². The summed E-state index contributed by atoms with van der Waals surface area (Å²) in [5.41, 5.74) is 3.17. The summed E-state index contributed by atoms with van der Waals surface area (Å²) in [6.45, 7) is 5.87. The first-order valence-electron chi connectivity index (χ1n) is 9.79. The minimum atomic E-state index is 0.0102. The van der Waals surface area contributed by atoms with E-state index in [-0.39, 0.29) is 5.91 Å². The van der Waals surface area contributed by atoms with Crippen LogP contribution in [0.2, 0.25) is 10.0 Å². The molecule has 0 atom stereocenters. The third-order valence-corrected chi connectivity index (χ3v) is 6.72. The Morgan fingerprint density at radius 2 is 1.90 bits per heavy atom. The van der Waals surface area contributed by atoms with Crippen LogP contribution in [0.5, 0.6) is 0 Å². The molecular weight excluding hydrogens is 437 g/mol. The van der Waals surface area contributed by atoms with Gasteiger partial charge in [-0.15, -0.1) is 0 Å². The molecule has 2 heterocycles. The largest absolute Gasteiger partial charge is 0.342 e. The van der Waals surface area contributed by atoms with Gasteiger partial charge in [-0.3, -0.25) is 14.7 Å². The lowest BCUT2D eigenvalue weighted by Crippen LogP contribution is -2.28. The van der Waals surface area contributed by atoms with Crippen LogP contribution >= 0.6 is 35.0 Å². The molecule has 3 aromatic rings. The lowest BCUT2D eigenvalue weighted by Gasteiger charge is -2.11. The number of thioether (sulfide) groups is 1. The third kappa shape index (κ3) is 4.02. The summed E-state index contributed by atoms with van der Waals surface area (Å²) in [6.07, 6.45) is 4.06. The van der Waals surface area contributed by atoms with Crippen LogP contribution < -0.4 is 0 Å². The molecule has 0 bridgehead atoms. The number of benzene rings is 2. The number of fused-ring (bicyclic) bond motifs is 1. The number of likely N-dealkylation sites (N-methyl/N-ethyl adjacent to an activating group) is 1. The zero-order chi connectivity index (χ0) is 21.3. The number of nitrogens with zero attached hydrogens (tertiary/aromatic N) is 3. The second-order valence-corrected chi connectivity index (χ2v) is 8.72. The molecule has 0 spiro atoms. The fraction of sp³-hybridized carbons (Fsp3) is 0.217. The predicted octanol–water partition coefficient (Wildman–Crippen LogP) is 6.31. The number of carbonyl (C=O) groups is 1. The van der Waals surface area contributed by atoms with E-state index in [1.54, 1.807) is 4.90 Å².